The Morgan fingerprint density at radius 1 is 1.21 bits per heavy atom. The van der Waals surface area contributed by atoms with Gasteiger partial charge in [-0.25, -0.2) is 13.8 Å². The lowest BCUT2D eigenvalue weighted by atomic mass is 10.1. The molecule has 1 aromatic heterocycles. The number of carbonyl (C=O) groups excluding carboxylic acids is 1. The molecule has 2 aromatic rings. The highest BCUT2D eigenvalue weighted by Crippen LogP contribution is 2.38. The van der Waals surface area contributed by atoms with Crippen molar-refractivity contribution >= 4 is 22.4 Å². The van der Waals surface area contributed by atoms with E-state index >= 15 is 0 Å². The van der Waals surface area contributed by atoms with Crippen molar-refractivity contribution in [2.45, 2.75) is 50.7 Å². The van der Waals surface area contributed by atoms with Crippen molar-refractivity contribution < 1.29 is 13.6 Å². The van der Waals surface area contributed by atoms with Gasteiger partial charge in [-0.3, -0.25) is 4.79 Å². The molecule has 4 heterocycles. The third-order valence-electron chi connectivity index (χ3n) is 6.20. The topological polar surface area (TPSA) is 48.5 Å². The Morgan fingerprint density at radius 3 is 2.62 bits per heavy atom. The lowest BCUT2D eigenvalue weighted by Gasteiger charge is -2.35. The molecule has 0 spiro atoms. The van der Waals surface area contributed by atoms with Gasteiger partial charge in [0.05, 0.1) is 12.2 Å². The van der Waals surface area contributed by atoms with Crippen LogP contribution in [0.15, 0.2) is 24.3 Å². The normalized spacial score (nSPS) is 23.6. The van der Waals surface area contributed by atoms with Crippen LogP contribution in [0.2, 0.25) is 0 Å². The Morgan fingerprint density at radius 2 is 1.93 bits per heavy atom. The maximum Gasteiger partial charge on any atom is 0.254 e. The molecule has 3 aliphatic rings. The molecular weight excluding hydrogens is 394 g/mol. The van der Waals surface area contributed by atoms with Crippen LogP contribution in [0.3, 0.4) is 0 Å². The van der Waals surface area contributed by atoms with Crippen molar-refractivity contribution in [1.82, 2.24) is 15.2 Å². The van der Waals surface area contributed by atoms with Crippen molar-refractivity contribution in [2.75, 3.05) is 24.5 Å². The Kier molecular flexibility index (Phi) is 4.99. The number of nitrogens with zero attached hydrogens (tertiary/aromatic N) is 3. The van der Waals surface area contributed by atoms with Crippen LogP contribution < -0.4 is 10.2 Å². The predicted octanol–water partition coefficient (Wildman–Crippen LogP) is 3.09. The van der Waals surface area contributed by atoms with Gasteiger partial charge in [0.25, 0.3) is 5.91 Å². The van der Waals surface area contributed by atoms with Crippen LogP contribution in [0.4, 0.5) is 13.9 Å². The number of benzene rings is 1. The minimum Gasteiger partial charge on any atom is -0.340 e. The van der Waals surface area contributed by atoms with Gasteiger partial charge < -0.3 is 15.1 Å². The maximum atomic E-state index is 12.9. The first-order valence-electron chi connectivity index (χ1n) is 10.2. The van der Waals surface area contributed by atoms with Gasteiger partial charge in [0, 0.05) is 55.0 Å². The number of fused-ring (bicyclic) bond motifs is 3. The Labute approximate surface area is 172 Å². The summed E-state index contributed by atoms with van der Waals surface area (Å²) in [6.45, 7) is 3.26. The summed E-state index contributed by atoms with van der Waals surface area (Å²) in [6, 6.07) is 7.63. The van der Waals surface area contributed by atoms with E-state index < -0.39 is 6.43 Å². The van der Waals surface area contributed by atoms with Crippen molar-refractivity contribution in [2.24, 2.45) is 0 Å². The van der Waals surface area contributed by atoms with Gasteiger partial charge in [-0.1, -0.05) is 23.5 Å². The average Bonchev–Trinajstić information content (AvgIpc) is 3.24. The monoisotopic (exact) mass is 418 g/mol. The highest BCUT2D eigenvalue weighted by Gasteiger charge is 2.39. The third kappa shape index (κ3) is 3.64. The Bertz CT molecular complexity index is 885. The molecule has 8 heteroatoms. The minimum atomic E-state index is -2.37. The second-order valence-electron chi connectivity index (χ2n) is 8.09. The third-order valence-corrected chi connectivity index (χ3v) is 7.29. The molecule has 1 amide bonds. The fourth-order valence-corrected chi connectivity index (χ4v) is 5.97. The molecule has 0 saturated carbocycles. The van der Waals surface area contributed by atoms with Crippen LogP contribution in [0.1, 0.15) is 39.3 Å². The van der Waals surface area contributed by atoms with Gasteiger partial charge in [0.15, 0.2) is 5.13 Å². The number of rotatable bonds is 4. The van der Waals surface area contributed by atoms with Crippen LogP contribution in [-0.2, 0) is 19.4 Å². The number of piperazine rings is 1. The second kappa shape index (κ2) is 7.65. The first-order chi connectivity index (χ1) is 14.1. The number of hydrogen-bond acceptors (Lipinski definition) is 5. The molecule has 3 aliphatic heterocycles. The molecule has 2 saturated heterocycles. The summed E-state index contributed by atoms with van der Waals surface area (Å²) in [5, 5.41) is 4.61. The van der Waals surface area contributed by atoms with E-state index in [1.54, 1.807) is 35.6 Å². The van der Waals surface area contributed by atoms with Crippen molar-refractivity contribution in [3.8, 4) is 0 Å². The largest absolute Gasteiger partial charge is 0.340 e. The molecular formula is C21H24F2N4OS. The quantitative estimate of drug-likeness (QED) is 0.829. The lowest BCUT2D eigenvalue weighted by molar-refractivity contribution is 0.0736. The van der Waals surface area contributed by atoms with Gasteiger partial charge in [-0.05, 0) is 30.5 Å². The molecule has 5 nitrogen and oxygen atoms in total. The molecule has 0 radical (unpaired) electrons. The van der Waals surface area contributed by atoms with E-state index in [2.05, 4.69) is 10.2 Å². The summed E-state index contributed by atoms with van der Waals surface area (Å²) in [5.41, 5.74) is 2.23. The molecule has 1 aromatic carbocycles. The smallest absolute Gasteiger partial charge is 0.254 e. The predicted molar refractivity (Wildman–Crippen MR) is 109 cm³/mol. The number of amides is 1. The van der Waals surface area contributed by atoms with Gasteiger partial charge in [-0.2, -0.15) is 0 Å². The molecule has 0 aliphatic carbocycles. The van der Waals surface area contributed by atoms with Crippen molar-refractivity contribution in [3.63, 3.8) is 0 Å². The lowest BCUT2D eigenvalue weighted by Crippen LogP contribution is -2.51. The Balaban J connectivity index is 1.30. The first kappa shape index (κ1) is 18.9. The van der Waals surface area contributed by atoms with Gasteiger partial charge in [-0.15, -0.1) is 0 Å². The number of halogens is 2. The molecule has 2 fully saturated rings. The van der Waals surface area contributed by atoms with Crippen molar-refractivity contribution in [3.05, 3.63) is 46.0 Å². The second-order valence-corrected chi connectivity index (χ2v) is 9.15. The van der Waals surface area contributed by atoms with Gasteiger partial charge in [0.1, 0.15) is 0 Å². The fraction of sp³-hybridized carbons (Fsp3) is 0.524. The summed E-state index contributed by atoms with van der Waals surface area (Å²) in [6.07, 6.45) is 0.549. The van der Waals surface area contributed by atoms with Gasteiger partial charge >= 0.3 is 0 Å². The SMILES string of the molecule is O=C(c1ccc(CC(F)F)cc1)N1CCc2nc(N3C4CCC3CNC4)sc2C1. The van der Waals surface area contributed by atoms with E-state index in [9.17, 15) is 13.6 Å². The number of nitrogens with one attached hydrogen (secondary N) is 1. The number of alkyl halides is 2. The zero-order valence-electron chi connectivity index (χ0n) is 16.1. The van der Waals surface area contributed by atoms with Crippen molar-refractivity contribution in [1.29, 1.82) is 0 Å². The molecule has 1 N–H and O–H groups in total. The summed E-state index contributed by atoms with van der Waals surface area (Å²) in [5.74, 6) is -0.0450. The zero-order valence-corrected chi connectivity index (χ0v) is 16.9. The fourth-order valence-electron chi connectivity index (χ4n) is 4.70. The van der Waals surface area contributed by atoms with E-state index in [4.69, 9.17) is 4.98 Å². The van der Waals surface area contributed by atoms with Crippen LogP contribution in [0, 0.1) is 0 Å². The Hall–Kier alpha value is -2.06. The summed E-state index contributed by atoms with van der Waals surface area (Å²) in [7, 11) is 0. The molecule has 5 rings (SSSR count). The standard InChI is InChI=1S/C21H24F2N4OS/c22-19(23)9-13-1-3-14(4-2-13)20(28)26-8-7-17-18(12-26)29-21(25-17)27-15-5-6-16(27)11-24-10-15/h1-4,15-16,19,24H,5-12H2. The number of carbonyl (C=O) groups is 1. The number of hydrogen-bond donors (Lipinski definition) is 1. The number of thiazole rings is 1. The molecule has 2 bridgehead atoms. The van der Waals surface area contributed by atoms with Crippen LogP contribution in [0.25, 0.3) is 0 Å². The van der Waals surface area contributed by atoms with E-state index in [1.807, 2.05) is 4.90 Å². The molecule has 29 heavy (non-hydrogen) atoms. The van der Waals surface area contributed by atoms with E-state index in [0.29, 0.717) is 36.3 Å². The molecule has 2 atom stereocenters. The summed E-state index contributed by atoms with van der Waals surface area (Å²) >= 11 is 1.72. The van der Waals surface area contributed by atoms with Gasteiger partial charge in [0.2, 0.25) is 6.43 Å². The zero-order chi connectivity index (χ0) is 20.0. The first-order valence-corrected chi connectivity index (χ1v) is 11.0. The van der Waals surface area contributed by atoms with E-state index in [-0.39, 0.29) is 12.3 Å². The highest BCUT2D eigenvalue weighted by atomic mass is 32.1. The minimum absolute atomic E-state index is 0.0450. The molecule has 2 unspecified atom stereocenters. The maximum absolute atomic E-state index is 12.9. The molecule has 154 valence electrons. The van der Waals surface area contributed by atoms with Crippen LogP contribution in [-0.4, -0.2) is 53.9 Å². The number of anilines is 1. The highest BCUT2D eigenvalue weighted by molar-refractivity contribution is 7.15. The summed E-state index contributed by atoms with van der Waals surface area (Å²) < 4.78 is 25.0. The van der Waals surface area contributed by atoms with Crippen LogP contribution in [0.5, 0.6) is 0 Å². The van der Waals surface area contributed by atoms with E-state index in [0.717, 1.165) is 30.3 Å². The van der Waals surface area contributed by atoms with E-state index in [1.165, 1.54) is 17.7 Å². The van der Waals surface area contributed by atoms with Crippen LogP contribution >= 0.6 is 11.3 Å². The number of aromatic nitrogens is 1. The summed E-state index contributed by atoms with van der Waals surface area (Å²) in [4.78, 5) is 23.4. The average molecular weight is 419 g/mol.